The van der Waals surface area contributed by atoms with Gasteiger partial charge in [0.2, 0.25) is 0 Å². The quantitative estimate of drug-likeness (QED) is 0.597. The van der Waals surface area contributed by atoms with Gasteiger partial charge >= 0.3 is 5.97 Å². The molecule has 7 nitrogen and oxygen atoms in total. The van der Waals surface area contributed by atoms with Crippen LogP contribution in [-0.2, 0) is 20.7 Å². The van der Waals surface area contributed by atoms with Crippen LogP contribution in [0.15, 0.2) is 24.3 Å². The summed E-state index contributed by atoms with van der Waals surface area (Å²) in [6.45, 7) is 3.13. The van der Waals surface area contributed by atoms with Gasteiger partial charge in [0.15, 0.2) is 0 Å². The van der Waals surface area contributed by atoms with Gasteiger partial charge in [-0.05, 0) is 30.5 Å². The van der Waals surface area contributed by atoms with Gasteiger partial charge in [-0.2, -0.15) is 0 Å². The monoisotopic (exact) mass is 367 g/mol. The van der Waals surface area contributed by atoms with E-state index in [1.165, 1.54) is 0 Å². The lowest BCUT2D eigenvalue weighted by atomic mass is 9.73. The molecule has 0 aromatic heterocycles. The highest BCUT2D eigenvalue weighted by Crippen LogP contribution is 2.35. The lowest BCUT2D eigenvalue weighted by molar-refractivity contribution is -0.163. The summed E-state index contributed by atoms with van der Waals surface area (Å²) in [4.78, 5) is 14.2. The Morgan fingerprint density at radius 1 is 1.31 bits per heavy atom. The van der Waals surface area contributed by atoms with Crippen molar-refractivity contribution in [2.75, 3.05) is 53.7 Å². The number of piperidine rings is 1. The largest absolute Gasteiger partial charge is 0.497 e. The highest BCUT2D eigenvalue weighted by molar-refractivity contribution is 5.76. The fraction of sp³-hybridized carbons (Fsp3) is 0.632. The molecule has 1 aromatic carbocycles. The fourth-order valence-electron chi connectivity index (χ4n) is 3.40. The summed E-state index contributed by atoms with van der Waals surface area (Å²) in [6, 6.07) is 7.34. The molecule has 0 bridgehead atoms. The number of rotatable bonds is 10. The molecule has 0 spiro atoms. The van der Waals surface area contributed by atoms with E-state index in [0.717, 1.165) is 5.56 Å². The summed E-state index contributed by atoms with van der Waals surface area (Å²) in [5.74, 6) is -0.297. The molecule has 1 aliphatic heterocycles. The second kappa shape index (κ2) is 9.87. The van der Waals surface area contributed by atoms with E-state index in [9.17, 15) is 15.0 Å². The normalized spacial score (nSPS) is 23.7. The van der Waals surface area contributed by atoms with Crippen molar-refractivity contribution in [3.05, 3.63) is 29.8 Å². The number of hydrogen-bond donors (Lipinski definition) is 2. The van der Waals surface area contributed by atoms with Crippen LogP contribution in [0.4, 0.5) is 0 Å². The van der Waals surface area contributed by atoms with Crippen LogP contribution in [-0.4, -0.2) is 80.9 Å². The summed E-state index contributed by atoms with van der Waals surface area (Å²) >= 11 is 0. The zero-order chi connectivity index (χ0) is 19.0. The Balaban J connectivity index is 2.06. The number of hydrogen-bond acceptors (Lipinski definition) is 6. The molecule has 0 aliphatic carbocycles. The number of methoxy groups -OCH3 is 2. The Morgan fingerprint density at radius 2 is 2.12 bits per heavy atom. The molecule has 0 radical (unpaired) electrons. The Labute approximate surface area is 154 Å². The van der Waals surface area contributed by atoms with Crippen molar-refractivity contribution in [2.45, 2.75) is 18.9 Å². The first-order valence-electron chi connectivity index (χ1n) is 8.85. The first-order chi connectivity index (χ1) is 12.5. The van der Waals surface area contributed by atoms with Crippen LogP contribution >= 0.6 is 0 Å². The van der Waals surface area contributed by atoms with Gasteiger partial charge in [0, 0.05) is 26.7 Å². The zero-order valence-corrected chi connectivity index (χ0v) is 15.5. The maximum absolute atomic E-state index is 12.1. The van der Waals surface area contributed by atoms with Crippen molar-refractivity contribution in [3.8, 4) is 5.75 Å². The predicted molar refractivity (Wildman–Crippen MR) is 96.5 cm³/mol. The van der Waals surface area contributed by atoms with Crippen molar-refractivity contribution in [2.24, 2.45) is 5.41 Å². The molecule has 1 fully saturated rings. The van der Waals surface area contributed by atoms with Crippen LogP contribution in [0.5, 0.6) is 5.75 Å². The third-order valence-corrected chi connectivity index (χ3v) is 4.93. The number of carbonyl (C=O) groups is 1. The molecule has 2 atom stereocenters. The number of carboxylic acids is 1. The molecule has 1 aliphatic rings. The summed E-state index contributed by atoms with van der Waals surface area (Å²) in [6.07, 6.45) is -0.215. The van der Waals surface area contributed by atoms with Crippen LogP contribution < -0.4 is 4.74 Å². The van der Waals surface area contributed by atoms with E-state index in [-0.39, 0.29) is 13.0 Å². The van der Waals surface area contributed by atoms with Crippen LogP contribution in [0.25, 0.3) is 0 Å². The number of nitrogens with zero attached hydrogens (tertiary/aromatic N) is 1. The van der Waals surface area contributed by atoms with Crippen LogP contribution in [0.3, 0.4) is 0 Å². The van der Waals surface area contributed by atoms with Crippen molar-refractivity contribution < 1.29 is 29.2 Å². The number of aliphatic hydroxyl groups is 1. The van der Waals surface area contributed by atoms with Gasteiger partial charge in [0.05, 0.1) is 33.0 Å². The van der Waals surface area contributed by atoms with Crippen LogP contribution in [0, 0.1) is 5.41 Å². The summed E-state index contributed by atoms with van der Waals surface area (Å²) in [5.41, 5.74) is -0.402. The topological polar surface area (TPSA) is 88.5 Å². The summed E-state index contributed by atoms with van der Waals surface area (Å²) in [5, 5.41) is 20.5. The summed E-state index contributed by atoms with van der Waals surface area (Å²) in [7, 11) is 3.20. The number of ether oxygens (including phenoxy) is 3. The van der Waals surface area contributed by atoms with Gasteiger partial charge in [-0.1, -0.05) is 12.1 Å². The van der Waals surface area contributed by atoms with E-state index in [0.29, 0.717) is 45.1 Å². The van der Waals surface area contributed by atoms with E-state index >= 15 is 0 Å². The second-order valence-electron chi connectivity index (χ2n) is 6.68. The average Bonchev–Trinajstić information content (AvgIpc) is 2.64. The second-order valence-corrected chi connectivity index (χ2v) is 6.68. The van der Waals surface area contributed by atoms with Crippen molar-refractivity contribution >= 4 is 5.97 Å². The Morgan fingerprint density at radius 3 is 2.81 bits per heavy atom. The van der Waals surface area contributed by atoms with Crippen molar-refractivity contribution in [1.29, 1.82) is 0 Å². The van der Waals surface area contributed by atoms with Crippen LogP contribution in [0.2, 0.25) is 0 Å². The third-order valence-electron chi connectivity index (χ3n) is 4.93. The number of likely N-dealkylation sites (tertiary alicyclic amines) is 1. The molecule has 1 heterocycles. The van der Waals surface area contributed by atoms with E-state index in [4.69, 9.17) is 14.2 Å². The highest BCUT2D eigenvalue weighted by Gasteiger charge is 2.49. The first kappa shape index (κ1) is 20.6. The smallest absolute Gasteiger partial charge is 0.313 e. The first-order valence-corrected chi connectivity index (χ1v) is 8.85. The minimum atomic E-state index is -1.24. The van der Waals surface area contributed by atoms with Crippen molar-refractivity contribution in [3.63, 3.8) is 0 Å². The van der Waals surface area contributed by atoms with Gasteiger partial charge < -0.3 is 24.4 Å². The molecule has 7 heteroatoms. The maximum atomic E-state index is 12.1. The fourth-order valence-corrected chi connectivity index (χ4v) is 3.40. The highest BCUT2D eigenvalue weighted by atomic mass is 16.5. The molecule has 26 heavy (non-hydrogen) atoms. The maximum Gasteiger partial charge on any atom is 0.313 e. The SMILES string of the molecule is COCCOCCN1CC[C@@H](O)[C@](Cc2cccc(OC)c2)(C(=O)O)C1. The van der Waals surface area contributed by atoms with Gasteiger partial charge in [-0.25, -0.2) is 0 Å². The van der Waals surface area contributed by atoms with Gasteiger partial charge in [-0.3, -0.25) is 9.69 Å². The molecule has 0 saturated carbocycles. The predicted octanol–water partition coefficient (Wildman–Crippen LogP) is 1.04. The van der Waals surface area contributed by atoms with Crippen LogP contribution in [0.1, 0.15) is 12.0 Å². The minimum absolute atomic E-state index is 0.252. The molecule has 146 valence electrons. The van der Waals surface area contributed by atoms with Crippen molar-refractivity contribution in [1.82, 2.24) is 4.90 Å². The van der Waals surface area contributed by atoms with Gasteiger partial charge in [0.1, 0.15) is 11.2 Å². The molecule has 0 unspecified atom stereocenters. The molecule has 1 saturated heterocycles. The molecule has 2 N–H and O–H groups in total. The average molecular weight is 367 g/mol. The van der Waals surface area contributed by atoms with E-state index in [1.54, 1.807) is 14.2 Å². The number of carboxylic acid groups (broad SMARTS) is 1. The van der Waals surface area contributed by atoms with E-state index < -0.39 is 17.5 Å². The van der Waals surface area contributed by atoms with E-state index in [2.05, 4.69) is 0 Å². The lowest BCUT2D eigenvalue weighted by Crippen LogP contribution is -2.57. The molecular formula is C19H29NO6. The van der Waals surface area contributed by atoms with Gasteiger partial charge in [-0.15, -0.1) is 0 Å². The molecule has 1 aromatic rings. The van der Waals surface area contributed by atoms with Gasteiger partial charge in [0.25, 0.3) is 0 Å². The molecule has 2 rings (SSSR count). The number of benzene rings is 1. The third kappa shape index (κ3) is 5.17. The Hall–Kier alpha value is -1.67. The number of aliphatic carboxylic acids is 1. The molecular weight excluding hydrogens is 338 g/mol. The molecule has 0 amide bonds. The van der Waals surface area contributed by atoms with E-state index in [1.807, 2.05) is 29.2 Å². The Bertz CT molecular complexity index is 581. The summed E-state index contributed by atoms with van der Waals surface area (Å²) < 4.78 is 15.6. The number of aliphatic hydroxyl groups excluding tert-OH is 1. The standard InChI is InChI=1S/C19H29NO6/c1-24-10-11-26-9-8-20-7-6-17(21)19(14-20,18(22)23)13-15-4-3-5-16(12-15)25-2/h3-5,12,17,21H,6-11,13-14H2,1-2H3,(H,22,23)/t17-,19-/m1/s1. The zero-order valence-electron chi connectivity index (χ0n) is 15.5. The lowest BCUT2D eigenvalue weighted by Gasteiger charge is -2.43. The minimum Gasteiger partial charge on any atom is -0.497 e. The Kier molecular flexibility index (Phi) is 7.84.